The molecule has 0 radical (unpaired) electrons. The third-order valence-corrected chi connectivity index (χ3v) is 3.11. The van der Waals surface area contributed by atoms with Crippen molar-refractivity contribution in [2.45, 2.75) is 12.2 Å². The first-order chi connectivity index (χ1) is 9.54. The second kappa shape index (κ2) is 4.70. The zero-order valence-electron chi connectivity index (χ0n) is 10.3. The lowest BCUT2D eigenvalue weighted by molar-refractivity contribution is -0.137. The number of para-hydroxylation sites is 1. The minimum Gasteiger partial charge on any atom is -0.491 e. The van der Waals surface area contributed by atoms with Crippen molar-refractivity contribution in [3.63, 3.8) is 0 Å². The van der Waals surface area contributed by atoms with Gasteiger partial charge in [-0.2, -0.15) is 13.2 Å². The molecule has 1 aromatic carbocycles. The molecule has 1 unspecified atom stereocenters. The summed E-state index contributed by atoms with van der Waals surface area (Å²) in [5, 5.41) is 3.07. The average molecular weight is 280 g/mol. The molecule has 6 heteroatoms. The number of nitrogens with zero attached hydrogens (tertiary/aromatic N) is 1. The predicted octanol–water partition coefficient (Wildman–Crippen LogP) is 3.65. The highest BCUT2D eigenvalue weighted by Crippen LogP contribution is 2.34. The molecule has 2 heterocycles. The van der Waals surface area contributed by atoms with Crippen LogP contribution >= 0.6 is 0 Å². The predicted molar refractivity (Wildman–Crippen MR) is 67.5 cm³/mol. The van der Waals surface area contributed by atoms with Gasteiger partial charge in [-0.15, -0.1) is 0 Å². The highest BCUT2D eigenvalue weighted by molar-refractivity contribution is 5.46. The molecule has 1 aliphatic heterocycles. The molecule has 1 aliphatic rings. The number of hydrogen-bond acceptors (Lipinski definition) is 3. The molecule has 1 aromatic heterocycles. The lowest BCUT2D eigenvalue weighted by Gasteiger charge is -2.13. The molecule has 3 nitrogen and oxygen atoms in total. The minimum absolute atomic E-state index is 0.101. The van der Waals surface area contributed by atoms with Gasteiger partial charge in [0.25, 0.3) is 0 Å². The van der Waals surface area contributed by atoms with Gasteiger partial charge in [0.15, 0.2) is 0 Å². The van der Waals surface area contributed by atoms with E-state index in [0.29, 0.717) is 12.4 Å². The molecular formula is C14H11F3N2O. The summed E-state index contributed by atoms with van der Waals surface area (Å²) >= 11 is 0. The quantitative estimate of drug-likeness (QED) is 0.911. The standard InChI is InChI=1S/C14H11F3N2O/c15-14(16,17)9-5-6-13(18-7-9)19-11-8-20-12-4-2-1-3-10(11)12/h1-7,11H,8H2,(H,18,19). The van der Waals surface area contributed by atoms with Crippen LogP contribution in [0.3, 0.4) is 0 Å². The summed E-state index contributed by atoms with van der Waals surface area (Å²) in [6.07, 6.45) is -3.54. The number of alkyl halides is 3. The number of pyridine rings is 1. The van der Waals surface area contributed by atoms with Crippen molar-refractivity contribution in [2.24, 2.45) is 0 Å². The lowest BCUT2D eigenvalue weighted by Crippen LogP contribution is -2.13. The topological polar surface area (TPSA) is 34.1 Å². The van der Waals surface area contributed by atoms with Crippen molar-refractivity contribution < 1.29 is 17.9 Å². The van der Waals surface area contributed by atoms with Crippen LogP contribution in [0.15, 0.2) is 42.6 Å². The number of fused-ring (bicyclic) bond motifs is 1. The van der Waals surface area contributed by atoms with E-state index >= 15 is 0 Å². The first-order valence-electron chi connectivity index (χ1n) is 6.05. The highest BCUT2D eigenvalue weighted by Gasteiger charge is 2.31. The number of hydrogen-bond donors (Lipinski definition) is 1. The maximum Gasteiger partial charge on any atom is 0.417 e. The smallest absolute Gasteiger partial charge is 0.417 e. The third-order valence-electron chi connectivity index (χ3n) is 3.11. The molecular weight excluding hydrogens is 269 g/mol. The van der Waals surface area contributed by atoms with Gasteiger partial charge in [0.05, 0.1) is 11.6 Å². The van der Waals surface area contributed by atoms with E-state index in [9.17, 15) is 13.2 Å². The van der Waals surface area contributed by atoms with Gasteiger partial charge in [-0.25, -0.2) is 4.98 Å². The van der Waals surface area contributed by atoms with Crippen LogP contribution in [0.2, 0.25) is 0 Å². The molecule has 0 amide bonds. The van der Waals surface area contributed by atoms with Gasteiger partial charge in [0, 0.05) is 11.8 Å². The fraction of sp³-hybridized carbons (Fsp3) is 0.214. The molecule has 1 atom stereocenters. The summed E-state index contributed by atoms with van der Waals surface area (Å²) in [6, 6.07) is 9.78. The molecule has 0 saturated heterocycles. The van der Waals surface area contributed by atoms with Crippen LogP contribution in [0, 0.1) is 0 Å². The number of ether oxygens (including phenoxy) is 1. The van der Waals surface area contributed by atoms with E-state index < -0.39 is 11.7 Å². The van der Waals surface area contributed by atoms with E-state index in [0.717, 1.165) is 23.6 Å². The number of anilines is 1. The van der Waals surface area contributed by atoms with Crippen LogP contribution in [0.5, 0.6) is 5.75 Å². The van der Waals surface area contributed by atoms with Gasteiger partial charge in [0.2, 0.25) is 0 Å². The van der Waals surface area contributed by atoms with Gasteiger partial charge >= 0.3 is 6.18 Å². The Labute approximate surface area is 113 Å². The zero-order chi connectivity index (χ0) is 14.2. The number of rotatable bonds is 2. The van der Waals surface area contributed by atoms with Gasteiger partial charge in [-0.05, 0) is 18.2 Å². The fourth-order valence-corrected chi connectivity index (χ4v) is 2.11. The molecule has 0 fully saturated rings. The maximum atomic E-state index is 12.4. The molecule has 20 heavy (non-hydrogen) atoms. The first kappa shape index (κ1) is 12.8. The van der Waals surface area contributed by atoms with Crippen molar-refractivity contribution >= 4 is 5.82 Å². The third kappa shape index (κ3) is 2.41. The van der Waals surface area contributed by atoms with Crippen molar-refractivity contribution in [1.82, 2.24) is 4.98 Å². The number of halogens is 3. The molecule has 0 spiro atoms. The van der Waals surface area contributed by atoms with Gasteiger partial charge in [-0.3, -0.25) is 0 Å². The Hall–Kier alpha value is -2.24. The molecule has 2 aromatic rings. The maximum absolute atomic E-state index is 12.4. The van der Waals surface area contributed by atoms with Crippen LogP contribution in [0.4, 0.5) is 19.0 Å². The number of benzene rings is 1. The van der Waals surface area contributed by atoms with Crippen molar-refractivity contribution in [3.8, 4) is 5.75 Å². The molecule has 0 aliphatic carbocycles. The van der Waals surface area contributed by atoms with E-state index in [1.807, 2.05) is 24.3 Å². The van der Waals surface area contributed by atoms with Crippen molar-refractivity contribution in [2.75, 3.05) is 11.9 Å². The summed E-state index contributed by atoms with van der Waals surface area (Å²) in [5.74, 6) is 1.18. The molecule has 1 N–H and O–H groups in total. The Morgan fingerprint density at radius 3 is 2.65 bits per heavy atom. The van der Waals surface area contributed by atoms with Gasteiger partial charge in [-0.1, -0.05) is 18.2 Å². The SMILES string of the molecule is FC(F)(F)c1ccc(NC2COc3ccccc32)nc1. The summed E-state index contributed by atoms with van der Waals surface area (Å²) in [5.41, 5.74) is 0.223. The summed E-state index contributed by atoms with van der Waals surface area (Å²) < 4.78 is 42.8. The average Bonchev–Trinajstić information content (AvgIpc) is 2.82. The van der Waals surface area contributed by atoms with Crippen LogP contribution < -0.4 is 10.1 Å². The fourth-order valence-electron chi connectivity index (χ4n) is 2.11. The van der Waals surface area contributed by atoms with Crippen LogP contribution in [-0.2, 0) is 6.18 Å². The second-order valence-electron chi connectivity index (χ2n) is 4.48. The minimum atomic E-state index is -4.37. The first-order valence-corrected chi connectivity index (χ1v) is 6.05. The Bertz CT molecular complexity index is 611. The van der Waals surface area contributed by atoms with Crippen LogP contribution in [0.1, 0.15) is 17.2 Å². The Kier molecular flexibility index (Phi) is 3.00. The Morgan fingerprint density at radius 2 is 1.95 bits per heavy atom. The number of aromatic nitrogens is 1. The lowest BCUT2D eigenvalue weighted by atomic mass is 10.1. The molecule has 104 valence electrons. The van der Waals surface area contributed by atoms with E-state index in [1.165, 1.54) is 6.07 Å². The Morgan fingerprint density at radius 1 is 1.15 bits per heavy atom. The van der Waals surface area contributed by atoms with Crippen molar-refractivity contribution in [3.05, 3.63) is 53.7 Å². The largest absolute Gasteiger partial charge is 0.491 e. The summed E-state index contributed by atoms with van der Waals surface area (Å²) in [6.45, 7) is 0.433. The van der Waals surface area contributed by atoms with Crippen LogP contribution in [-0.4, -0.2) is 11.6 Å². The normalized spacial score (nSPS) is 17.4. The van der Waals surface area contributed by atoms with E-state index in [1.54, 1.807) is 0 Å². The Balaban J connectivity index is 1.76. The molecule has 0 bridgehead atoms. The zero-order valence-corrected chi connectivity index (χ0v) is 10.3. The van der Waals surface area contributed by atoms with Crippen molar-refractivity contribution in [1.29, 1.82) is 0 Å². The summed E-state index contributed by atoms with van der Waals surface area (Å²) in [7, 11) is 0. The highest BCUT2D eigenvalue weighted by atomic mass is 19.4. The van der Waals surface area contributed by atoms with Crippen LogP contribution in [0.25, 0.3) is 0 Å². The van der Waals surface area contributed by atoms with E-state index in [4.69, 9.17) is 4.74 Å². The van der Waals surface area contributed by atoms with E-state index in [-0.39, 0.29) is 6.04 Å². The molecule has 3 rings (SSSR count). The monoisotopic (exact) mass is 280 g/mol. The van der Waals surface area contributed by atoms with Gasteiger partial charge in [0.1, 0.15) is 18.2 Å². The second-order valence-corrected chi connectivity index (χ2v) is 4.48. The number of nitrogens with one attached hydrogen (secondary N) is 1. The van der Waals surface area contributed by atoms with Gasteiger partial charge < -0.3 is 10.1 Å². The molecule has 0 saturated carbocycles. The van der Waals surface area contributed by atoms with E-state index in [2.05, 4.69) is 10.3 Å². The summed E-state index contributed by atoms with van der Waals surface area (Å²) in [4.78, 5) is 3.79.